The molecule has 0 heterocycles. The fourth-order valence-electron chi connectivity index (χ4n) is 4.22. The number of thiocarbonyl (C=S) groups is 1. The number of hydrogen-bond acceptors (Lipinski definition) is 5. The SMILES string of the molecule is CCCCCCP(=S)(CCCCCC)SCCC(=S)NCSP(=S)(CCCCCC)CCCCCC. The molecule has 1 N–H and O–H groups in total. The molecule has 0 saturated heterocycles. The first-order valence-corrected chi connectivity index (χ1v) is 25.0. The van der Waals surface area contributed by atoms with Crippen LogP contribution < -0.4 is 5.32 Å². The Hall–Kier alpha value is 1.89. The van der Waals surface area contributed by atoms with Crippen molar-refractivity contribution in [2.45, 2.75) is 137 Å². The molecule has 0 aromatic rings. The average Bonchev–Trinajstić information content (AvgIpc) is 2.85. The molecular formula is C28H59NP2S5. The second-order valence-electron chi connectivity index (χ2n) is 10.2. The van der Waals surface area contributed by atoms with Crippen LogP contribution in [0.15, 0.2) is 0 Å². The smallest absolute Gasteiger partial charge is 0.0768 e. The van der Waals surface area contributed by atoms with Gasteiger partial charge in [-0.2, -0.15) is 0 Å². The van der Waals surface area contributed by atoms with Crippen LogP contribution in [0.1, 0.15) is 137 Å². The van der Waals surface area contributed by atoms with Gasteiger partial charge in [0.05, 0.1) is 10.9 Å². The van der Waals surface area contributed by atoms with Gasteiger partial charge in [0.2, 0.25) is 0 Å². The van der Waals surface area contributed by atoms with Crippen molar-refractivity contribution < 1.29 is 0 Å². The van der Waals surface area contributed by atoms with Gasteiger partial charge in [0.1, 0.15) is 0 Å². The van der Waals surface area contributed by atoms with E-state index in [0.29, 0.717) is 0 Å². The molecule has 0 aliphatic rings. The highest BCUT2D eigenvalue weighted by Crippen LogP contribution is 2.61. The topological polar surface area (TPSA) is 12.0 Å². The van der Waals surface area contributed by atoms with Crippen LogP contribution in [-0.2, 0) is 23.6 Å². The van der Waals surface area contributed by atoms with Crippen LogP contribution in [0.25, 0.3) is 0 Å². The first kappa shape index (κ1) is 37.9. The quantitative estimate of drug-likeness (QED) is 0.0416. The first-order chi connectivity index (χ1) is 17.3. The first-order valence-electron chi connectivity index (χ1n) is 15.1. The largest absolute Gasteiger partial charge is 0.370 e. The maximum absolute atomic E-state index is 6.30. The number of hydrogen-bond donors (Lipinski definition) is 1. The number of nitrogens with one attached hydrogen (secondary N) is 1. The van der Waals surface area contributed by atoms with Gasteiger partial charge in [-0.05, 0) is 50.3 Å². The monoisotopic (exact) mass is 631 g/mol. The molecule has 1 nitrogen and oxygen atoms in total. The summed E-state index contributed by atoms with van der Waals surface area (Å²) < 4.78 is 0. The minimum absolute atomic E-state index is 0.907. The van der Waals surface area contributed by atoms with Crippen molar-refractivity contribution in [3.8, 4) is 0 Å². The molecule has 0 fully saturated rings. The Labute approximate surface area is 250 Å². The summed E-state index contributed by atoms with van der Waals surface area (Å²) in [5.41, 5.74) is 0. The van der Waals surface area contributed by atoms with E-state index in [0.717, 1.165) is 23.0 Å². The Balaban J connectivity index is 4.52. The van der Waals surface area contributed by atoms with E-state index in [4.69, 9.17) is 35.8 Å². The maximum atomic E-state index is 6.30. The molecule has 36 heavy (non-hydrogen) atoms. The van der Waals surface area contributed by atoms with E-state index in [1.165, 1.54) is 127 Å². The van der Waals surface area contributed by atoms with Gasteiger partial charge in [-0.25, -0.2) is 0 Å². The predicted molar refractivity (Wildman–Crippen MR) is 190 cm³/mol. The van der Waals surface area contributed by atoms with Crippen molar-refractivity contribution in [1.29, 1.82) is 0 Å². The molecule has 0 bridgehead atoms. The molecular weight excluding hydrogens is 573 g/mol. The lowest BCUT2D eigenvalue weighted by atomic mass is 10.2. The van der Waals surface area contributed by atoms with Crippen molar-refractivity contribution in [2.75, 3.05) is 36.3 Å². The van der Waals surface area contributed by atoms with Gasteiger partial charge in [0.15, 0.2) is 0 Å². The molecule has 0 aromatic heterocycles. The Morgan fingerprint density at radius 2 is 0.917 bits per heavy atom. The van der Waals surface area contributed by atoms with Crippen molar-refractivity contribution in [1.82, 2.24) is 5.32 Å². The van der Waals surface area contributed by atoms with Gasteiger partial charge >= 0.3 is 0 Å². The highest BCUT2D eigenvalue weighted by Gasteiger charge is 2.19. The van der Waals surface area contributed by atoms with Crippen LogP contribution in [0.3, 0.4) is 0 Å². The second-order valence-corrected chi connectivity index (χ2v) is 28.3. The lowest BCUT2D eigenvalue weighted by Gasteiger charge is -2.23. The van der Waals surface area contributed by atoms with Crippen molar-refractivity contribution >= 4 is 74.1 Å². The highest BCUT2D eigenvalue weighted by molar-refractivity contribution is 8.71. The van der Waals surface area contributed by atoms with Crippen molar-refractivity contribution in [2.24, 2.45) is 0 Å². The average molecular weight is 632 g/mol. The molecule has 0 aromatic carbocycles. The van der Waals surface area contributed by atoms with E-state index in [1.54, 1.807) is 0 Å². The summed E-state index contributed by atoms with van der Waals surface area (Å²) >= 11 is 22.5. The lowest BCUT2D eigenvalue weighted by Crippen LogP contribution is -2.21. The fraction of sp³-hybridized carbons (Fsp3) is 0.964. The zero-order chi connectivity index (χ0) is 27.0. The molecule has 0 aliphatic carbocycles. The molecule has 0 spiro atoms. The fourth-order valence-corrected chi connectivity index (χ4v) is 17.5. The van der Waals surface area contributed by atoms with E-state index in [1.807, 2.05) is 11.4 Å². The molecule has 0 radical (unpaired) electrons. The van der Waals surface area contributed by atoms with Gasteiger partial charge in [-0.15, -0.1) is 22.8 Å². The number of unbranched alkanes of at least 4 members (excludes halogenated alkanes) is 12. The van der Waals surface area contributed by atoms with Crippen LogP contribution in [0.2, 0.25) is 0 Å². The van der Waals surface area contributed by atoms with Crippen LogP contribution in [-0.4, -0.2) is 41.3 Å². The summed E-state index contributed by atoms with van der Waals surface area (Å²) in [4.78, 5) is 1.02. The third kappa shape index (κ3) is 22.7. The minimum Gasteiger partial charge on any atom is -0.370 e. The molecule has 0 aliphatic heterocycles. The number of rotatable bonds is 27. The molecule has 0 rings (SSSR count). The Morgan fingerprint density at radius 3 is 1.28 bits per heavy atom. The van der Waals surface area contributed by atoms with Crippen LogP contribution in [0, 0.1) is 0 Å². The summed E-state index contributed by atoms with van der Waals surface area (Å²) in [5, 5.41) is 0.935. The standard InChI is InChI=1S/C28H59NP2S5/c1-5-9-13-17-22-30(33,23-18-14-10-6-2)35-26-21-28(32)29-27-36-31(34,24-19-15-11-7-3)25-20-16-12-8-4/h5-27H2,1-4H3,(H,29,32). The van der Waals surface area contributed by atoms with E-state index in [2.05, 4.69) is 44.4 Å². The van der Waals surface area contributed by atoms with Crippen LogP contribution in [0.5, 0.6) is 0 Å². The summed E-state index contributed by atoms with van der Waals surface area (Å²) in [6, 6.07) is 0. The normalized spacial score (nSPS) is 12.2. The molecule has 216 valence electrons. The van der Waals surface area contributed by atoms with E-state index in [9.17, 15) is 0 Å². The molecule has 0 atom stereocenters. The van der Waals surface area contributed by atoms with Gasteiger partial charge in [-0.3, -0.25) is 0 Å². The van der Waals surface area contributed by atoms with E-state index in [-0.39, 0.29) is 0 Å². The van der Waals surface area contributed by atoms with E-state index >= 15 is 0 Å². The Bertz CT molecular complexity index is 533. The summed E-state index contributed by atoms with van der Waals surface area (Å²) in [7, 11) is 0. The second kappa shape index (κ2) is 25.8. The van der Waals surface area contributed by atoms with Gasteiger partial charge in [0, 0.05) is 22.7 Å². The summed E-state index contributed by atoms with van der Waals surface area (Å²) in [6.45, 7) is 9.16. The van der Waals surface area contributed by atoms with Crippen molar-refractivity contribution in [3.63, 3.8) is 0 Å². The van der Waals surface area contributed by atoms with Gasteiger partial charge in [-0.1, -0.05) is 141 Å². The molecule has 0 unspecified atom stereocenters. The Morgan fingerprint density at radius 1 is 0.556 bits per heavy atom. The zero-order valence-corrected chi connectivity index (χ0v) is 30.1. The third-order valence-electron chi connectivity index (χ3n) is 6.63. The summed E-state index contributed by atoms with van der Waals surface area (Å²) in [5.74, 6) is 2.00. The maximum Gasteiger partial charge on any atom is 0.0768 e. The minimum atomic E-state index is -1.33. The predicted octanol–water partition coefficient (Wildman–Crippen LogP) is 11.8. The van der Waals surface area contributed by atoms with Crippen LogP contribution in [0.4, 0.5) is 0 Å². The molecule has 0 amide bonds. The van der Waals surface area contributed by atoms with Crippen LogP contribution >= 0.6 is 45.5 Å². The summed E-state index contributed by atoms with van der Waals surface area (Å²) in [6.07, 6.45) is 27.3. The molecule has 0 saturated carbocycles. The van der Waals surface area contributed by atoms with Gasteiger partial charge in [0.25, 0.3) is 0 Å². The molecule has 8 heteroatoms. The van der Waals surface area contributed by atoms with Crippen molar-refractivity contribution in [3.05, 3.63) is 0 Å². The highest BCUT2D eigenvalue weighted by atomic mass is 32.9. The lowest BCUT2D eigenvalue weighted by molar-refractivity contribution is 0.697. The van der Waals surface area contributed by atoms with E-state index < -0.39 is 10.5 Å². The van der Waals surface area contributed by atoms with Gasteiger partial charge < -0.3 is 5.32 Å². The Kier molecular flexibility index (Phi) is 27.2. The zero-order valence-electron chi connectivity index (χ0n) is 24.2. The third-order valence-corrected chi connectivity index (χ3v) is 22.6.